The number of nitrogens with two attached hydrogens (primary N) is 1. The molecule has 0 amide bonds. The van der Waals surface area contributed by atoms with E-state index < -0.39 is 11.6 Å². The fourth-order valence-corrected chi connectivity index (χ4v) is 1.77. The van der Waals surface area contributed by atoms with E-state index in [1.165, 1.54) is 6.07 Å². The molecule has 6 heteroatoms. The Kier molecular flexibility index (Phi) is 1.75. The minimum absolute atomic E-state index is 0.149. The van der Waals surface area contributed by atoms with Crippen LogP contribution in [0, 0.1) is 11.6 Å². The molecule has 0 spiro atoms. The lowest BCUT2D eigenvalue weighted by molar-refractivity contribution is 0.590. The summed E-state index contributed by atoms with van der Waals surface area (Å²) in [6, 6.07) is 2.06. The molecule has 3 rings (SSSR count). The third kappa shape index (κ3) is 1.13. The number of H-pyrrole nitrogens is 1. The number of rotatable bonds is 1. The molecule has 0 saturated heterocycles. The van der Waals surface area contributed by atoms with Crippen LogP contribution in [0.15, 0.2) is 18.3 Å². The van der Waals surface area contributed by atoms with Gasteiger partial charge in [0.05, 0.1) is 5.52 Å². The SMILES string of the molecule is NCc1cn2c(nc3c(F)cc(F)cc32)[nH]1. The molecule has 0 fully saturated rings. The zero-order valence-electron chi connectivity index (χ0n) is 8.17. The van der Waals surface area contributed by atoms with E-state index in [9.17, 15) is 8.78 Å². The minimum atomic E-state index is -0.665. The van der Waals surface area contributed by atoms with Gasteiger partial charge in [-0.15, -0.1) is 0 Å². The molecule has 3 aromatic rings. The lowest BCUT2D eigenvalue weighted by Crippen LogP contribution is -1.95. The quantitative estimate of drug-likeness (QED) is 0.656. The number of imidazole rings is 2. The first kappa shape index (κ1) is 9.29. The molecule has 2 heterocycles. The van der Waals surface area contributed by atoms with Crippen LogP contribution in [0.4, 0.5) is 8.78 Å². The van der Waals surface area contributed by atoms with Gasteiger partial charge in [-0.25, -0.2) is 13.8 Å². The van der Waals surface area contributed by atoms with Crippen LogP contribution in [0.25, 0.3) is 16.8 Å². The molecular formula is C10H8F2N4. The summed E-state index contributed by atoms with van der Waals surface area (Å²) in [6.07, 6.45) is 1.68. The molecule has 0 radical (unpaired) electrons. The van der Waals surface area contributed by atoms with Gasteiger partial charge in [-0.05, 0) is 0 Å². The number of nitrogens with one attached hydrogen (secondary N) is 1. The lowest BCUT2D eigenvalue weighted by Gasteiger charge is -1.93. The average Bonchev–Trinajstić information content (AvgIpc) is 2.76. The first-order chi connectivity index (χ1) is 7.69. The fourth-order valence-electron chi connectivity index (χ4n) is 1.77. The van der Waals surface area contributed by atoms with E-state index in [0.717, 1.165) is 11.8 Å². The third-order valence-corrected chi connectivity index (χ3v) is 2.49. The molecule has 16 heavy (non-hydrogen) atoms. The van der Waals surface area contributed by atoms with Gasteiger partial charge in [-0.3, -0.25) is 4.40 Å². The number of benzene rings is 1. The Labute approximate surface area is 88.7 Å². The van der Waals surface area contributed by atoms with Crippen LogP contribution in [0.5, 0.6) is 0 Å². The molecule has 0 atom stereocenters. The zero-order chi connectivity index (χ0) is 11.3. The van der Waals surface area contributed by atoms with E-state index in [2.05, 4.69) is 9.97 Å². The second kappa shape index (κ2) is 3.02. The Hall–Kier alpha value is -1.95. The van der Waals surface area contributed by atoms with E-state index >= 15 is 0 Å². The van der Waals surface area contributed by atoms with E-state index in [4.69, 9.17) is 5.73 Å². The van der Waals surface area contributed by atoms with Gasteiger partial charge in [-0.1, -0.05) is 0 Å². The largest absolute Gasteiger partial charge is 0.326 e. The van der Waals surface area contributed by atoms with Gasteiger partial charge < -0.3 is 10.7 Å². The smallest absolute Gasteiger partial charge is 0.212 e. The van der Waals surface area contributed by atoms with Crippen molar-refractivity contribution in [3.05, 3.63) is 35.7 Å². The van der Waals surface area contributed by atoms with E-state index in [1.807, 2.05) is 0 Å². The second-order valence-corrected chi connectivity index (χ2v) is 3.54. The van der Waals surface area contributed by atoms with Crippen molar-refractivity contribution in [2.45, 2.75) is 6.54 Å². The molecule has 0 unspecified atom stereocenters. The molecule has 3 N–H and O–H groups in total. The first-order valence-electron chi connectivity index (χ1n) is 4.74. The van der Waals surface area contributed by atoms with Crippen molar-refractivity contribution in [2.24, 2.45) is 5.73 Å². The molecule has 2 aromatic heterocycles. The fraction of sp³-hybridized carbons (Fsp3) is 0.100. The van der Waals surface area contributed by atoms with E-state index in [0.29, 0.717) is 17.8 Å². The summed E-state index contributed by atoms with van der Waals surface area (Å²) in [5.74, 6) is -0.830. The highest BCUT2D eigenvalue weighted by atomic mass is 19.1. The summed E-state index contributed by atoms with van der Waals surface area (Å²) in [6.45, 7) is 0.322. The third-order valence-electron chi connectivity index (χ3n) is 2.49. The summed E-state index contributed by atoms with van der Waals surface area (Å²) in [5, 5.41) is 0. The van der Waals surface area contributed by atoms with Gasteiger partial charge in [0, 0.05) is 30.6 Å². The van der Waals surface area contributed by atoms with E-state index in [-0.39, 0.29) is 5.52 Å². The predicted molar refractivity (Wildman–Crippen MR) is 54.9 cm³/mol. The topological polar surface area (TPSA) is 59.1 Å². The van der Waals surface area contributed by atoms with Gasteiger partial charge in [0.2, 0.25) is 5.78 Å². The summed E-state index contributed by atoms with van der Waals surface area (Å²) in [4.78, 5) is 6.95. The van der Waals surface area contributed by atoms with Crippen LogP contribution < -0.4 is 5.73 Å². The van der Waals surface area contributed by atoms with Crippen LogP contribution >= 0.6 is 0 Å². The molecule has 82 valence electrons. The molecular weight excluding hydrogens is 214 g/mol. The van der Waals surface area contributed by atoms with Crippen molar-refractivity contribution in [2.75, 3.05) is 0 Å². The molecule has 0 saturated carbocycles. The van der Waals surface area contributed by atoms with Crippen molar-refractivity contribution in [3.63, 3.8) is 0 Å². The van der Waals surface area contributed by atoms with Gasteiger partial charge in [0.15, 0.2) is 5.82 Å². The molecule has 0 aliphatic carbocycles. The van der Waals surface area contributed by atoms with Crippen LogP contribution in [-0.4, -0.2) is 14.4 Å². The number of fused-ring (bicyclic) bond motifs is 3. The Morgan fingerprint density at radius 3 is 2.94 bits per heavy atom. The number of aromatic amines is 1. The van der Waals surface area contributed by atoms with Gasteiger partial charge in [0.25, 0.3) is 0 Å². The number of hydrogen-bond donors (Lipinski definition) is 2. The van der Waals surface area contributed by atoms with E-state index in [1.54, 1.807) is 10.6 Å². The van der Waals surface area contributed by atoms with Crippen molar-refractivity contribution >= 4 is 16.8 Å². The van der Waals surface area contributed by atoms with Crippen LogP contribution in [0.3, 0.4) is 0 Å². The van der Waals surface area contributed by atoms with Gasteiger partial charge >= 0.3 is 0 Å². The average molecular weight is 222 g/mol. The number of aromatic nitrogens is 3. The lowest BCUT2D eigenvalue weighted by atomic mass is 10.3. The maximum absolute atomic E-state index is 13.4. The highest BCUT2D eigenvalue weighted by Gasteiger charge is 2.12. The molecule has 0 aliphatic heterocycles. The molecule has 0 aliphatic rings. The Morgan fingerprint density at radius 1 is 1.38 bits per heavy atom. The molecule has 0 bridgehead atoms. The second-order valence-electron chi connectivity index (χ2n) is 3.54. The summed E-state index contributed by atoms with van der Waals surface area (Å²) in [5.41, 5.74) is 6.76. The Balaban J connectivity index is 2.45. The van der Waals surface area contributed by atoms with Crippen LogP contribution in [-0.2, 0) is 6.54 Å². The van der Waals surface area contributed by atoms with Crippen molar-refractivity contribution < 1.29 is 8.78 Å². The summed E-state index contributed by atoms with van der Waals surface area (Å²) < 4.78 is 28.1. The maximum atomic E-state index is 13.4. The summed E-state index contributed by atoms with van der Waals surface area (Å²) in [7, 11) is 0. The highest BCUT2D eigenvalue weighted by molar-refractivity contribution is 5.80. The number of hydrogen-bond acceptors (Lipinski definition) is 2. The van der Waals surface area contributed by atoms with Crippen molar-refractivity contribution in [1.29, 1.82) is 0 Å². The number of nitrogens with zero attached hydrogens (tertiary/aromatic N) is 2. The number of halogens is 2. The molecule has 1 aromatic carbocycles. The van der Waals surface area contributed by atoms with Gasteiger partial charge in [0.1, 0.15) is 11.3 Å². The predicted octanol–water partition coefficient (Wildman–Crippen LogP) is 1.55. The first-order valence-corrected chi connectivity index (χ1v) is 4.74. The zero-order valence-corrected chi connectivity index (χ0v) is 8.17. The minimum Gasteiger partial charge on any atom is -0.326 e. The van der Waals surface area contributed by atoms with Crippen molar-refractivity contribution in [1.82, 2.24) is 14.4 Å². The maximum Gasteiger partial charge on any atom is 0.212 e. The standard InChI is InChI=1S/C10H8F2N4/c11-5-1-7(12)9-8(2-5)16-4-6(3-13)14-10(16)15-9/h1-2,4H,3,13H2,(H,14,15). The monoisotopic (exact) mass is 222 g/mol. The highest BCUT2D eigenvalue weighted by Crippen LogP contribution is 2.21. The Bertz CT molecular complexity index is 683. The Morgan fingerprint density at radius 2 is 2.19 bits per heavy atom. The van der Waals surface area contributed by atoms with Crippen LogP contribution in [0.2, 0.25) is 0 Å². The van der Waals surface area contributed by atoms with Crippen molar-refractivity contribution in [3.8, 4) is 0 Å². The van der Waals surface area contributed by atoms with Gasteiger partial charge in [-0.2, -0.15) is 0 Å². The molecule has 4 nitrogen and oxygen atoms in total. The normalized spacial score (nSPS) is 11.7. The van der Waals surface area contributed by atoms with Crippen LogP contribution in [0.1, 0.15) is 5.69 Å². The summed E-state index contributed by atoms with van der Waals surface area (Å²) >= 11 is 0.